The van der Waals surface area contributed by atoms with E-state index in [1.54, 1.807) is 12.1 Å². The SMILES string of the molecule is CNc1cccc(-c2ccc(Br)c(Cl)c2F)c1. The molecule has 1 nitrogen and oxygen atoms in total. The van der Waals surface area contributed by atoms with Crippen LogP contribution >= 0.6 is 27.5 Å². The van der Waals surface area contributed by atoms with Crippen molar-refractivity contribution in [2.45, 2.75) is 0 Å². The number of halogens is 3. The Labute approximate surface area is 113 Å². The first-order chi connectivity index (χ1) is 8.13. The lowest BCUT2D eigenvalue weighted by Crippen LogP contribution is -1.90. The Kier molecular flexibility index (Phi) is 3.69. The van der Waals surface area contributed by atoms with E-state index in [-0.39, 0.29) is 5.02 Å². The van der Waals surface area contributed by atoms with Crippen LogP contribution in [0.25, 0.3) is 11.1 Å². The average Bonchev–Trinajstić information content (AvgIpc) is 2.36. The monoisotopic (exact) mass is 313 g/mol. The van der Waals surface area contributed by atoms with Crippen LogP contribution in [-0.2, 0) is 0 Å². The zero-order valence-corrected chi connectivity index (χ0v) is 11.4. The average molecular weight is 315 g/mol. The smallest absolute Gasteiger partial charge is 0.150 e. The first-order valence-corrected chi connectivity index (χ1v) is 6.22. The normalized spacial score (nSPS) is 10.4. The molecular formula is C13H10BrClFN. The Morgan fingerprint density at radius 1 is 1.24 bits per heavy atom. The minimum atomic E-state index is -0.408. The zero-order valence-electron chi connectivity index (χ0n) is 9.10. The van der Waals surface area contributed by atoms with Crippen molar-refractivity contribution in [3.8, 4) is 11.1 Å². The molecule has 4 heteroatoms. The van der Waals surface area contributed by atoms with Gasteiger partial charge in [0.2, 0.25) is 0 Å². The summed E-state index contributed by atoms with van der Waals surface area (Å²) in [7, 11) is 1.82. The molecule has 2 rings (SSSR count). The molecule has 2 aromatic rings. The number of nitrogens with one attached hydrogen (secondary N) is 1. The minimum absolute atomic E-state index is 0.109. The molecule has 0 aromatic heterocycles. The van der Waals surface area contributed by atoms with Gasteiger partial charge in [-0.3, -0.25) is 0 Å². The third kappa shape index (κ3) is 2.45. The summed E-state index contributed by atoms with van der Waals surface area (Å²) >= 11 is 9.07. The third-order valence-electron chi connectivity index (χ3n) is 2.50. The summed E-state index contributed by atoms with van der Waals surface area (Å²) in [5.41, 5.74) is 2.22. The van der Waals surface area contributed by atoms with Gasteiger partial charge in [0.1, 0.15) is 0 Å². The van der Waals surface area contributed by atoms with Gasteiger partial charge < -0.3 is 5.32 Å². The molecular weight excluding hydrogens is 305 g/mol. The van der Waals surface area contributed by atoms with Gasteiger partial charge in [0.05, 0.1) is 5.02 Å². The Balaban J connectivity index is 2.56. The lowest BCUT2D eigenvalue weighted by atomic mass is 10.0. The number of hydrogen-bond acceptors (Lipinski definition) is 1. The van der Waals surface area contributed by atoms with Crippen LogP contribution in [0.3, 0.4) is 0 Å². The van der Waals surface area contributed by atoms with E-state index in [0.29, 0.717) is 10.0 Å². The van der Waals surface area contributed by atoms with Crippen LogP contribution in [-0.4, -0.2) is 7.05 Å². The number of rotatable bonds is 2. The summed E-state index contributed by atoms with van der Waals surface area (Å²) in [5, 5.41) is 3.13. The van der Waals surface area contributed by atoms with Crippen molar-refractivity contribution in [1.82, 2.24) is 0 Å². The Hall–Kier alpha value is -1.06. The molecule has 88 valence electrons. The van der Waals surface area contributed by atoms with Crippen LogP contribution in [0, 0.1) is 5.82 Å². The Morgan fingerprint density at radius 2 is 2.00 bits per heavy atom. The van der Waals surface area contributed by atoms with Crippen LogP contribution in [0.5, 0.6) is 0 Å². The quantitative estimate of drug-likeness (QED) is 0.773. The van der Waals surface area contributed by atoms with Gasteiger partial charge in [-0.05, 0) is 39.7 Å². The Bertz CT molecular complexity index is 557. The molecule has 0 atom stereocenters. The van der Waals surface area contributed by atoms with E-state index >= 15 is 0 Å². The molecule has 0 fully saturated rings. The second kappa shape index (κ2) is 5.07. The van der Waals surface area contributed by atoms with E-state index in [1.165, 1.54) is 0 Å². The van der Waals surface area contributed by atoms with Crippen LogP contribution in [0.15, 0.2) is 40.9 Å². The van der Waals surface area contributed by atoms with E-state index in [4.69, 9.17) is 11.6 Å². The second-order valence-corrected chi connectivity index (χ2v) is 4.79. The molecule has 0 heterocycles. The van der Waals surface area contributed by atoms with E-state index in [1.807, 2.05) is 31.3 Å². The van der Waals surface area contributed by atoms with Gasteiger partial charge in [0.25, 0.3) is 0 Å². The second-order valence-electron chi connectivity index (χ2n) is 3.55. The van der Waals surface area contributed by atoms with Crippen LogP contribution < -0.4 is 5.32 Å². The molecule has 17 heavy (non-hydrogen) atoms. The van der Waals surface area contributed by atoms with Gasteiger partial charge >= 0.3 is 0 Å². The molecule has 0 aliphatic carbocycles. The van der Waals surface area contributed by atoms with Gasteiger partial charge in [0.15, 0.2) is 5.82 Å². The van der Waals surface area contributed by atoms with Crippen molar-refractivity contribution in [2.24, 2.45) is 0 Å². The highest BCUT2D eigenvalue weighted by atomic mass is 79.9. The maximum absolute atomic E-state index is 14.0. The predicted molar refractivity (Wildman–Crippen MR) is 74.1 cm³/mol. The molecule has 1 N–H and O–H groups in total. The minimum Gasteiger partial charge on any atom is -0.388 e. The summed E-state index contributed by atoms with van der Waals surface area (Å²) in [6.07, 6.45) is 0. The van der Waals surface area contributed by atoms with Gasteiger partial charge in [-0.25, -0.2) is 4.39 Å². The summed E-state index contributed by atoms with van der Waals surface area (Å²) in [4.78, 5) is 0. The van der Waals surface area contributed by atoms with Gasteiger partial charge in [-0.2, -0.15) is 0 Å². The van der Waals surface area contributed by atoms with Crippen molar-refractivity contribution in [3.05, 3.63) is 51.7 Å². The van der Waals surface area contributed by atoms with Gasteiger partial charge in [-0.15, -0.1) is 0 Å². The fraction of sp³-hybridized carbons (Fsp3) is 0.0769. The summed E-state index contributed by atoms with van der Waals surface area (Å²) in [6.45, 7) is 0. The highest BCUT2D eigenvalue weighted by Crippen LogP contribution is 2.33. The summed E-state index contributed by atoms with van der Waals surface area (Å²) in [6, 6.07) is 11.0. The van der Waals surface area contributed by atoms with Gasteiger partial charge in [0, 0.05) is 22.8 Å². The molecule has 0 amide bonds. The molecule has 0 spiro atoms. The van der Waals surface area contributed by atoms with Gasteiger partial charge in [-0.1, -0.05) is 29.8 Å². The molecule has 0 bridgehead atoms. The van der Waals surface area contributed by atoms with E-state index < -0.39 is 5.82 Å². The predicted octanol–water partition coefficient (Wildman–Crippen LogP) is 4.95. The van der Waals surface area contributed by atoms with E-state index in [0.717, 1.165) is 11.3 Å². The third-order valence-corrected chi connectivity index (χ3v) is 3.76. The first kappa shape index (κ1) is 12.4. The topological polar surface area (TPSA) is 12.0 Å². The van der Waals surface area contributed by atoms with E-state index in [2.05, 4.69) is 21.2 Å². The lowest BCUT2D eigenvalue weighted by Gasteiger charge is -2.08. The lowest BCUT2D eigenvalue weighted by molar-refractivity contribution is 0.631. The molecule has 0 unspecified atom stereocenters. The molecule has 0 radical (unpaired) electrons. The highest BCUT2D eigenvalue weighted by Gasteiger charge is 2.11. The summed E-state index contributed by atoms with van der Waals surface area (Å²) < 4.78 is 14.6. The first-order valence-electron chi connectivity index (χ1n) is 5.05. The summed E-state index contributed by atoms with van der Waals surface area (Å²) in [5.74, 6) is -0.408. The molecule has 0 saturated heterocycles. The van der Waals surface area contributed by atoms with Crippen LogP contribution in [0.1, 0.15) is 0 Å². The number of benzene rings is 2. The van der Waals surface area contributed by atoms with Crippen molar-refractivity contribution in [1.29, 1.82) is 0 Å². The van der Waals surface area contributed by atoms with Crippen molar-refractivity contribution in [2.75, 3.05) is 12.4 Å². The Morgan fingerprint density at radius 3 is 2.71 bits per heavy atom. The van der Waals surface area contributed by atoms with Crippen LogP contribution in [0.2, 0.25) is 5.02 Å². The standard InChI is InChI=1S/C13H10BrClFN/c1-17-9-4-2-3-8(7-9)10-5-6-11(14)12(15)13(10)16/h2-7,17H,1H3. The van der Waals surface area contributed by atoms with Crippen molar-refractivity contribution in [3.63, 3.8) is 0 Å². The number of hydrogen-bond donors (Lipinski definition) is 1. The zero-order chi connectivity index (χ0) is 12.4. The number of anilines is 1. The fourth-order valence-corrected chi connectivity index (χ4v) is 2.06. The maximum atomic E-state index is 14.0. The van der Waals surface area contributed by atoms with E-state index in [9.17, 15) is 4.39 Å². The largest absolute Gasteiger partial charge is 0.388 e. The van der Waals surface area contributed by atoms with Crippen molar-refractivity contribution >= 4 is 33.2 Å². The van der Waals surface area contributed by atoms with Crippen molar-refractivity contribution < 1.29 is 4.39 Å². The molecule has 0 saturated carbocycles. The molecule has 0 aliphatic rings. The molecule has 2 aromatic carbocycles. The fourth-order valence-electron chi connectivity index (χ4n) is 1.59. The highest BCUT2D eigenvalue weighted by molar-refractivity contribution is 9.10. The molecule has 0 aliphatic heterocycles. The maximum Gasteiger partial charge on any atom is 0.150 e. The van der Waals surface area contributed by atoms with Crippen LogP contribution in [0.4, 0.5) is 10.1 Å².